The third-order valence-corrected chi connectivity index (χ3v) is 4.14. The zero-order valence-electron chi connectivity index (χ0n) is 12.6. The Morgan fingerprint density at radius 3 is 2.76 bits per heavy atom. The zero-order valence-corrected chi connectivity index (χ0v) is 12.6. The molecule has 1 aromatic heterocycles. The molecule has 0 bridgehead atoms. The maximum atomic E-state index is 4.43. The molecule has 0 spiro atoms. The van der Waals surface area contributed by atoms with E-state index in [9.17, 15) is 0 Å². The molecule has 110 valence electrons. The van der Waals surface area contributed by atoms with Crippen molar-refractivity contribution in [2.45, 2.75) is 32.0 Å². The fourth-order valence-corrected chi connectivity index (χ4v) is 3.02. The first kappa shape index (κ1) is 14.2. The van der Waals surface area contributed by atoms with Crippen molar-refractivity contribution in [2.75, 3.05) is 13.1 Å². The van der Waals surface area contributed by atoms with E-state index < -0.39 is 0 Å². The van der Waals surface area contributed by atoms with Crippen molar-refractivity contribution < 1.29 is 0 Å². The second-order valence-corrected chi connectivity index (χ2v) is 5.85. The van der Waals surface area contributed by atoms with Crippen molar-refractivity contribution in [3.8, 4) is 0 Å². The summed E-state index contributed by atoms with van der Waals surface area (Å²) in [6.45, 7) is 5.53. The Morgan fingerprint density at radius 2 is 2.00 bits per heavy atom. The summed E-state index contributed by atoms with van der Waals surface area (Å²) in [7, 11) is 0. The zero-order chi connectivity index (χ0) is 14.5. The molecular formula is C18H23N3. The van der Waals surface area contributed by atoms with Gasteiger partial charge in [0.15, 0.2) is 0 Å². The smallest absolute Gasteiger partial charge is 0.0570 e. The summed E-state index contributed by atoms with van der Waals surface area (Å²) in [5, 5.41) is 3.71. The predicted molar refractivity (Wildman–Crippen MR) is 85.9 cm³/mol. The van der Waals surface area contributed by atoms with Crippen LogP contribution in [0.4, 0.5) is 0 Å². The quantitative estimate of drug-likeness (QED) is 0.913. The van der Waals surface area contributed by atoms with Crippen molar-refractivity contribution in [1.82, 2.24) is 15.2 Å². The number of rotatable bonds is 5. The molecule has 2 heterocycles. The standard InChI is InChI=1S/C18H23N3/c1-15(18-9-5-6-11-19-18)20-17-10-12-21(14-17)13-16-7-3-2-4-8-16/h2-9,11,15,17,20H,10,12-14H2,1H3. The molecule has 1 fully saturated rings. The molecule has 0 amide bonds. The second-order valence-electron chi connectivity index (χ2n) is 5.85. The van der Waals surface area contributed by atoms with E-state index in [-0.39, 0.29) is 0 Å². The molecule has 0 aliphatic carbocycles. The molecule has 1 aliphatic rings. The largest absolute Gasteiger partial charge is 0.305 e. The molecule has 2 unspecified atom stereocenters. The first-order valence-corrected chi connectivity index (χ1v) is 7.74. The van der Waals surface area contributed by atoms with Gasteiger partial charge in [0.2, 0.25) is 0 Å². The average Bonchev–Trinajstić information content (AvgIpc) is 2.96. The van der Waals surface area contributed by atoms with Gasteiger partial charge in [0.25, 0.3) is 0 Å². The normalized spacial score (nSPS) is 20.5. The molecule has 0 radical (unpaired) electrons. The molecule has 21 heavy (non-hydrogen) atoms. The molecule has 3 rings (SSSR count). The van der Waals surface area contributed by atoms with E-state index in [1.807, 2.05) is 12.3 Å². The maximum absolute atomic E-state index is 4.43. The third-order valence-electron chi connectivity index (χ3n) is 4.14. The maximum Gasteiger partial charge on any atom is 0.0570 e. The van der Waals surface area contributed by atoms with Crippen LogP contribution >= 0.6 is 0 Å². The van der Waals surface area contributed by atoms with Crippen molar-refractivity contribution in [3.05, 3.63) is 66.0 Å². The minimum absolute atomic E-state index is 0.313. The highest BCUT2D eigenvalue weighted by Crippen LogP contribution is 2.17. The topological polar surface area (TPSA) is 28.2 Å². The number of aromatic nitrogens is 1. The Kier molecular flexibility index (Phi) is 4.63. The van der Waals surface area contributed by atoms with Crippen LogP contribution in [0.5, 0.6) is 0 Å². The number of hydrogen-bond donors (Lipinski definition) is 1. The summed E-state index contributed by atoms with van der Waals surface area (Å²) in [6, 6.07) is 17.7. The van der Waals surface area contributed by atoms with Crippen LogP contribution in [0.2, 0.25) is 0 Å². The highest BCUT2D eigenvalue weighted by atomic mass is 15.2. The number of nitrogens with one attached hydrogen (secondary N) is 1. The molecule has 3 nitrogen and oxygen atoms in total. The highest BCUT2D eigenvalue weighted by molar-refractivity contribution is 5.15. The number of hydrogen-bond acceptors (Lipinski definition) is 3. The summed E-state index contributed by atoms with van der Waals surface area (Å²) in [4.78, 5) is 6.96. The number of benzene rings is 1. The average molecular weight is 281 g/mol. The van der Waals surface area contributed by atoms with Gasteiger partial charge in [0.05, 0.1) is 5.69 Å². The minimum atomic E-state index is 0.313. The molecular weight excluding hydrogens is 258 g/mol. The van der Waals surface area contributed by atoms with Gasteiger partial charge in [0, 0.05) is 37.9 Å². The van der Waals surface area contributed by atoms with Crippen LogP contribution in [0.3, 0.4) is 0 Å². The third kappa shape index (κ3) is 3.90. The van der Waals surface area contributed by atoms with Gasteiger partial charge in [-0.25, -0.2) is 0 Å². The monoisotopic (exact) mass is 281 g/mol. The van der Waals surface area contributed by atoms with E-state index in [2.05, 4.69) is 64.6 Å². The molecule has 1 aliphatic heterocycles. The Balaban J connectivity index is 1.51. The van der Waals surface area contributed by atoms with Crippen LogP contribution in [0, 0.1) is 0 Å². The number of nitrogens with zero attached hydrogens (tertiary/aromatic N) is 2. The van der Waals surface area contributed by atoms with Gasteiger partial charge in [0.1, 0.15) is 0 Å². The van der Waals surface area contributed by atoms with Crippen molar-refractivity contribution in [1.29, 1.82) is 0 Å². The number of likely N-dealkylation sites (tertiary alicyclic amines) is 1. The lowest BCUT2D eigenvalue weighted by Gasteiger charge is -2.20. The van der Waals surface area contributed by atoms with E-state index in [1.165, 1.54) is 18.5 Å². The van der Waals surface area contributed by atoms with Crippen LogP contribution < -0.4 is 5.32 Å². The van der Waals surface area contributed by atoms with Gasteiger partial charge >= 0.3 is 0 Å². The van der Waals surface area contributed by atoms with Gasteiger partial charge in [-0.15, -0.1) is 0 Å². The van der Waals surface area contributed by atoms with Crippen molar-refractivity contribution in [3.63, 3.8) is 0 Å². The van der Waals surface area contributed by atoms with E-state index in [1.54, 1.807) is 0 Å². The van der Waals surface area contributed by atoms with E-state index >= 15 is 0 Å². The molecule has 1 saturated heterocycles. The fraction of sp³-hybridized carbons (Fsp3) is 0.389. The summed E-state index contributed by atoms with van der Waals surface area (Å²) < 4.78 is 0. The van der Waals surface area contributed by atoms with Gasteiger partial charge < -0.3 is 5.32 Å². The fourth-order valence-electron chi connectivity index (χ4n) is 3.02. The first-order valence-electron chi connectivity index (χ1n) is 7.74. The Bertz CT molecular complexity index is 541. The van der Waals surface area contributed by atoms with Crippen molar-refractivity contribution >= 4 is 0 Å². The van der Waals surface area contributed by atoms with E-state index in [0.717, 1.165) is 18.8 Å². The summed E-state index contributed by atoms with van der Waals surface area (Å²) >= 11 is 0. The van der Waals surface area contributed by atoms with Crippen molar-refractivity contribution in [2.24, 2.45) is 0 Å². The lowest BCUT2D eigenvalue weighted by Crippen LogP contribution is -2.34. The molecule has 1 N–H and O–H groups in total. The minimum Gasteiger partial charge on any atom is -0.305 e. The molecule has 3 heteroatoms. The molecule has 1 aromatic carbocycles. The van der Waals surface area contributed by atoms with Crippen LogP contribution in [-0.2, 0) is 6.54 Å². The lowest BCUT2D eigenvalue weighted by atomic mass is 10.1. The van der Waals surface area contributed by atoms with Crippen LogP contribution in [-0.4, -0.2) is 29.0 Å². The van der Waals surface area contributed by atoms with Gasteiger partial charge in [-0.05, 0) is 31.0 Å². The second kappa shape index (κ2) is 6.83. The number of pyridine rings is 1. The predicted octanol–water partition coefficient (Wildman–Crippen LogP) is 3.01. The highest BCUT2D eigenvalue weighted by Gasteiger charge is 2.23. The van der Waals surface area contributed by atoms with Crippen LogP contribution in [0.15, 0.2) is 54.7 Å². The summed E-state index contributed by atoms with van der Waals surface area (Å²) in [5.41, 5.74) is 2.52. The van der Waals surface area contributed by atoms with E-state index in [0.29, 0.717) is 12.1 Å². The SMILES string of the molecule is CC(NC1CCN(Cc2ccccc2)C1)c1ccccn1. The van der Waals surface area contributed by atoms with Gasteiger partial charge in [-0.2, -0.15) is 0 Å². The Morgan fingerprint density at radius 1 is 1.19 bits per heavy atom. The van der Waals surface area contributed by atoms with E-state index in [4.69, 9.17) is 0 Å². The summed E-state index contributed by atoms with van der Waals surface area (Å²) in [6.07, 6.45) is 3.08. The lowest BCUT2D eigenvalue weighted by molar-refractivity contribution is 0.315. The Hall–Kier alpha value is -1.71. The van der Waals surface area contributed by atoms with Gasteiger partial charge in [-0.3, -0.25) is 9.88 Å². The summed E-state index contributed by atoms with van der Waals surface area (Å²) in [5.74, 6) is 0. The first-order chi connectivity index (χ1) is 10.3. The van der Waals surface area contributed by atoms with Gasteiger partial charge in [-0.1, -0.05) is 36.4 Å². The molecule has 2 aromatic rings. The Labute approximate surface area is 127 Å². The molecule has 2 atom stereocenters. The van der Waals surface area contributed by atoms with Crippen LogP contribution in [0.1, 0.15) is 30.6 Å². The van der Waals surface area contributed by atoms with Crippen LogP contribution in [0.25, 0.3) is 0 Å². The molecule has 0 saturated carbocycles.